The highest BCUT2D eigenvalue weighted by Gasteiger charge is 2.21. The second-order valence-corrected chi connectivity index (χ2v) is 7.09. The molecule has 0 aliphatic rings. The second kappa shape index (κ2) is 5.49. The van der Waals surface area contributed by atoms with Gasteiger partial charge in [0.2, 0.25) is 0 Å². The molecule has 1 rings (SSSR count). The van der Waals surface area contributed by atoms with Gasteiger partial charge in [0.15, 0.2) is 0 Å². The molecule has 0 aromatic carbocycles. The van der Waals surface area contributed by atoms with Gasteiger partial charge in [-0.15, -0.1) is 0 Å². The zero-order chi connectivity index (χ0) is 13.2. The molecule has 0 spiro atoms. The van der Waals surface area contributed by atoms with Crippen molar-refractivity contribution in [1.29, 1.82) is 0 Å². The minimum absolute atomic E-state index is 0.563. The summed E-state index contributed by atoms with van der Waals surface area (Å²) >= 11 is 2.05. The Kier molecular flexibility index (Phi) is 4.73. The SMILES string of the molecule is CC(C)=CCc1c(I)ncn1S(=O)(=O)N(C)C. The van der Waals surface area contributed by atoms with E-state index in [1.54, 1.807) is 0 Å². The van der Waals surface area contributed by atoms with Gasteiger partial charge in [0.1, 0.15) is 10.0 Å². The first-order chi connectivity index (χ1) is 7.76. The smallest absolute Gasteiger partial charge is 0.229 e. The third-order valence-corrected chi connectivity index (χ3v) is 4.83. The summed E-state index contributed by atoms with van der Waals surface area (Å²) in [6.45, 7) is 3.96. The first kappa shape index (κ1) is 14.7. The van der Waals surface area contributed by atoms with E-state index in [4.69, 9.17) is 0 Å². The topological polar surface area (TPSA) is 55.2 Å². The summed E-state index contributed by atoms with van der Waals surface area (Å²) < 4.78 is 27.2. The molecule has 0 bridgehead atoms. The van der Waals surface area contributed by atoms with Crippen LogP contribution in [0.1, 0.15) is 19.5 Å². The molecule has 5 nitrogen and oxygen atoms in total. The number of rotatable bonds is 4. The molecule has 0 fully saturated rings. The predicted molar refractivity (Wildman–Crippen MR) is 76.1 cm³/mol. The molecule has 0 saturated heterocycles. The van der Waals surface area contributed by atoms with Gasteiger partial charge in [-0.3, -0.25) is 0 Å². The van der Waals surface area contributed by atoms with Crippen LogP contribution in [0.3, 0.4) is 0 Å². The van der Waals surface area contributed by atoms with Crippen LogP contribution in [0.4, 0.5) is 0 Å². The molecular weight excluding hydrogens is 353 g/mol. The van der Waals surface area contributed by atoms with Crippen molar-refractivity contribution in [2.24, 2.45) is 0 Å². The van der Waals surface area contributed by atoms with E-state index in [-0.39, 0.29) is 0 Å². The highest BCUT2D eigenvalue weighted by Crippen LogP contribution is 2.16. The number of nitrogens with zero attached hydrogens (tertiary/aromatic N) is 3. The van der Waals surface area contributed by atoms with Crippen LogP contribution < -0.4 is 0 Å². The molecule has 0 saturated carbocycles. The van der Waals surface area contributed by atoms with E-state index in [1.807, 2.05) is 42.5 Å². The van der Waals surface area contributed by atoms with Gasteiger partial charge in [-0.05, 0) is 36.4 Å². The summed E-state index contributed by atoms with van der Waals surface area (Å²) in [5.41, 5.74) is 1.84. The molecule has 0 unspecified atom stereocenters. The van der Waals surface area contributed by atoms with Crippen molar-refractivity contribution >= 4 is 32.8 Å². The lowest BCUT2D eigenvalue weighted by molar-refractivity contribution is 0.509. The van der Waals surface area contributed by atoms with Gasteiger partial charge < -0.3 is 0 Å². The van der Waals surface area contributed by atoms with Crippen LogP contribution in [-0.4, -0.2) is 35.8 Å². The molecule has 0 radical (unpaired) electrons. The Hall–Kier alpha value is -0.410. The maximum Gasteiger partial charge on any atom is 0.308 e. The van der Waals surface area contributed by atoms with Gasteiger partial charge in [0.05, 0.1) is 5.69 Å². The monoisotopic (exact) mass is 369 g/mol. The lowest BCUT2D eigenvalue weighted by atomic mass is 10.2. The molecule has 0 aliphatic heterocycles. The molecule has 0 atom stereocenters. The molecule has 0 N–H and O–H groups in total. The number of hydrogen-bond acceptors (Lipinski definition) is 3. The van der Waals surface area contributed by atoms with Crippen molar-refractivity contribution in [2.45, 2.75) is 20.3 Å². The molecular formula is C10H16IN3O2S. The Morgan fingerprint density at radius 3 is 2.59 bits per heavy atom. The summed E-state index contributed by atoms with van der Waals surface area (Å²) in [6.07, 6.45) is 3.90. The van der Waals surface area contributed by atoms with Crippen LogP contribution in [-0.2, 0) is 16.6 Å². The molecule has 96 valence electrons. The highest BCUT2D eigenvalue weighted by atomic mass is 127. The lowest BCUT2D eigenvalue weighted by Crippen LogP contribution is -2.29. The van der Waals surface area contributed by atoms with Crippen molar-refractivity contribution in [3.63, 3.8) is 0 Å². The van der Waals surface area contributed by atoms with E-state index in [0.717, 1.165) is 5.57 Å². The number of aromatic nitrogens is 2. The van der Waals surface area contributed by atoms with Crippen molar-refractivity contribution in [1.82, 2.24) is 13.3 Å². The number of imidazole rings is 1. The minimum atomic E-state index is -3.48. The third kappa shape index (κ3) is 3.29. The summed E-state index contributed by atoms with van der Waals surface area (Å²) in [6, 6.07) is 0. The lowest BCUT2D eigenvalue weighted by Gasteiger charge is -2.14. The van der Waals surface area contributed by atoms with Gasteiger partial charge in [-0.1, -0.05) is 11.6 Å². The molecule has 0 amide bonds. The predicted octanol–water partition coefficient (Wildman–Crippen LogP) is 1.65. The average molecular weight is 369 g/mol. The Bertz CT molecular complexity index is 528. The molecule has 17 heavy (non-hydrogen) atoms. The van der Waals surface area contributed by atoms with Crippen LogP contribution in [0.5, 0.6) is 0 Å². The fourth-order valence-corrected chi connectivity index (χ4v) is 2.91. The van der Waals surface area contributed by atoms with E-state index in [0.29, 0.717) is 15.8 Å². The third-order valence-electron chi connectivity index (χ3n) is 2.19. The van der Waals surface area contributed by atoms with Crippen LogP contribution in [0, 0.1) is 3.70 Å². The van der Waals surface area contributed by atoms with E-state index >= 15 is 0 Å². The Morgan fingerprint density at radius 1 is 1.53 bits per heavy atom. The Morgan fingerprint density at radius 2 is 2.12 bits per heavy atom. The zero-order valence-corrected chi connectivity index (χ0v) is 13.3. The molecule has 1 aromatic rings. The maximum absolute atomic E-state index is 12.0. The minimum Gasteiger partial charge on any atom is -0.229 e. The van der Waals surface area contributed by atoms with Gasteiger partial charge in [-0.2, -0.15) is 12.7 Å². The van der Waals surface area contributed by atoms with E-state index in [1.165, 1.54) is 28.7 Å². The van der Waals surface area contributed by atoms with E-state index in [2.05, 4.69) is 4.98 Å². The second-order valence-electron chi connectivity index (χ2n) is 4.05. The Labute approximate surface area is 116 Å². The highest BCUT2D eigenvalue weighted by molar-refractivity contribution is 14.1. The van der Waals surface area contributed by atoms with Crippen molar-refractivity contribution in [2.75, 3.05) is 14.1 Å². The van der Waals surface area contributed by atoms with Crippen LogP contribution in [0.25, 0.3) is 0 Å². The normalized spacial score (nSPS) is 11.9. The molecule has 1 aromatic heterocycles. The maximum atomic E-state index is 12.0. The first-order valence-electron chi connectivity index (χ1n) is 5.05. The van der Waals surface area contributed by atoms with Crippen molar-refractivity contribution in [3.8, 4) is 0 Å². The standard InChI is InChI=1S/C10H16IN3O2S/c1-8(2)5-6-9-10(11)12-7-14(9)17(15,16)13(3)4/h5,7H,6H2,1-4H3. The average Bonchev–Trinajstić information content (AvgIpc) is 2.57. The fraction of sp³-hybridized carbons (Fsp3) is 0.500. The zero-order valence-electron chi connectivity index (χ0n) is 10.3. The first-order valence-corrected chi connectivity index (χ1v) is 7.52. The fourth-order valence-electron chi connectivity index (χ4n) is 1.19. The van der Waals surface area contributed by atoms with E-state index < -0.39 is 10.2 Å². The van der Waals surface area contributed by atoms with E-state index in [9.17, 15) is 8.42 Å². The summed E-state index contributed by atoms with van der Waals surface area (Å²) in [7, 11) is -0.468. The summed E-state index contributed by atoms with van der Waals surface area (Å²) in [4.78, 5) is 4.06. The van der Waals surface area contributed by atoms with Gasteiger partial charge in [0.25, 0.3) is 0 Å². The van der Waals surface area contributed by atoms with Crippen LogP contribution >= 0.6 is 22.6 Å². The van der Waals surface area contributed by atoms with Crippen molar-refractivity contribution < 1.29 is 8.42 Å². The van der Waals surface area contributed by atoms with Gasteiger partial charge in [-0.25, -0.2) is 8.96 Å². The quantitative estimate of drug-likeness (QED) is 0.599. The van der Waals surface area contributed by atoms with Gasteiger partial charge >= 0.3 is 10.2 Å². The number of allylic oxidation sites excluding steroid dienone is 2. The van der Waals surface area contributed by atoms with Crippen LogP contribution in [0.15, 0.2) is 18.0 Å². The number of halogens is 1. The van der Waals surface area contributed by atoms with Crippen molar-refractivity contribution in [3.05, 3.63) is 27.4 Å². The van der Waals surface area contributed by atoms with Crippen LogP contribution in [0.2, 0.25) is 0 Å². The molecule has 1 heterocycles. The largest absolute Gasteiger partial charge is 0.308 e. The summed E-state index contributed by atoms with van der Waals surface area (Å²) in [5.74, 6) is 0. The Balaban J connectivity index is 3.24. The molecule has 0 aliphatic carbocycles. The van der Waals surface area contributed by atoms with Gasteiger partial charge in [0, 0.05) is 20.5 Å². The number of hydrogen-bond donors (Lipinski definition) is 0. The summed E-state index contributed by atoms with van der Waals surface area (Å²) in [5, 5.41) is 0. The molecule has 7 heteroatoms.